The SMILES string of the molecule is O=C1Cc2c(Cl)cccc2Oc2ncccc21. The third kappa shape index (κ3) is 1.68. The molecule has 0 N–H and O–H groups in total. The molecule has 84 valence electrons. The molecule has 0 saturated heterocycles. The van der Waals surface area contributed by atoms with E-state index in [0.717, 1.165) is 5.56 Å². The zero-order valence-electron chi connectivity index (χ0n) is 8.81. The molecule has 0 spiro atoms. The summed E-state index contributed by atoms with van der Waals surface area (Å²) in [5, 5.41) is 0.545. The van der Waals surface area contributed by atoms with Crippen LogP contribution in [0.25, 0.3) is 0 Å². The molecule has 0 unspecified atom stereocenters. The lowest BCUT2D eigenvalue weighted by Gasteiger charge is -2.07. The minimum absolute atomic E-state index is 0.0278. The second-order valence-corrected chi connectivity index (χ2v) is 4.18. The van der Waals surface area contributed by atoms with Crippen molar-refractivity contribution in [3.05, 3.63) is 52.7 Å². The molecule has 0 bridgehead atoms. The van der Waals surface area contributed by atoms with Gasteiger partial charge in [-0.15, -0.1) is 0 Å². The Kier molecular flexibility index (Phi) is 2.34. The third-order valence-corrected chi connectivity index (χ3v) is 3.05. The molecule has 1 aliphatic rings. The highest BCUT2D eigenvalue weighted by Gasteiger charge is 2.23. The molecule has 3 rings (SSSR count). The van der Waals surface area contributed by atoms with Crippen molar-refractivity contribution >= 4 is 17.4 Å². The maximum atomic E-state index is 12.0. The maximum Gasteiger partial charge on any atom is 0.230 e. The quantitative estimate of drug-likeness (QED) is 0.715. The number of carbonyl (C=O) groups excluding carboxylic acids is 1. The van der Waals surface area contributed by atoms with Crippen molar-refractivity contribution < 1.29 is 9.53 Å². The number of carbonyl (C=O) groups is 1. The first-order valence-electron chi connectivity index (χ1n) is 5.19. The van der Waals surface area contributed by atoms with Gasteiger partial charge < -0.3 is 4.74 Å². The number of rotatable bonds is 0. The Morgan fingerprint density at radius 3 is 3.00 bits per heavy atom. The van der Waals surface area contributed by atoms with Crippen molar-refractivity contribution in [1.82, 2.24) is 4.98 Å². The van der Waals surface area contributed by atoms with Crippen LogP contribution in [0.4, 0.5) is 0 Å². The molecule has 1 aliphatic heterocycles. The molecule has 0 radical (unpaired) electrons. The number of Topliss-reactive ketones (excluding diaryl/α,β-unsaturated/α-hetero) is 1. The Hall–Kier alpha value is -1.87. The lowest BCUT2D eigenvalue weighted by atomic mass is 10.0. The average molecular weight is 246 g/mol. The number of halogens is 1. The van der Waals surface area contributed by atoms with Crippen LogP contribution in [-0.4, -0.2) is 10.8 Å². The van der Waals surface area contributed by atoms with Gasteiger partial charge in [-0.05, 0) is 24.3 Å². The van der Waals surface area contributed by atoms with Gasteiger partial charge in [-0.3, -0.25) is 4.79 Å². The Bertz CT molecular complexity index is 610. The van der Waals surface area contributed by atoms with Crippen molar-refractivity contribution in [2.45, 2.75) is 6.42 Å². The Labute approximate surface area is 103 Å². The van der Waals surface area contributed by atoms with Crippen LogP contribution in [0.3, 0.4) is 0 Å². The highest BCUT2D eigenvalue weighted by atomic mass is 35.5. The smallest absolute Gasteiger partial charge is 0.230 e. The summed E-state index contributed by atoms with van der Waals surface area (Å²) < 4.78 is 5.64. The number of nitrogens with zero attached hydrogens (tertiary/aromatic N) is 1. The fraction of sp³-hybridized carbons (Fsp3) is 0.0769. The summed E-state index contributed by atoms with van der Waals surface area (Å²) >= 11 is 6.07. The van der Waals surface area contributed by atoms with Gasteiger partial charge >= 0.3 is 0 Å². The van der Waals surface area contributed by atoms with Gasteiger partial charge in [0, 0.05) is 23.2 Å². The van der Waals surface area contributed by atoms with Gasteiger partial charge in [0.15, 0.2) is 5.78 Å². The van der Waals surface area contributed by atoms with Crippen LogP contribution >= 0.6 is 11.6 Å². The molecule has 0 amide bonds. The molecule has 2 aromatic rings. The van der Waals surface area contributed by atoms with Crippen molar-refractivity contribution in [1.29, 1.82) is 0 Å². The first kappa shape index (κ1) is 10.3. The molecule has 4 heteroatoms. The van der Waals surface area contributed by atoms with Crippen molar-refractivity contribution in [2.24, 2.45) is 0 Å². The minimum atomic E-state index is -0.0278. The minimum Gasteiger partial charge on any atom is -0.438 e. The summed E-state index contributed by atoms with van der Waals surface area (Å²) in [6.45, 7) is 0. The number of hydrogen-bond donors (Lipinski definition) is 0. The average Bonchev–Trinajstić information content (AvgIpc) is 2.47. The van der Waals surface area contributed by atoms with Gasteiger partial charge in [-0.2, -0.15) is 0 Å². The molecular weight excluding hydrogens is 238 g/mol. The van der Waals surface area contributed by atoms with Crippen LogP contribution in [0.15, 0.2) is 36.5 Å². The highest BCUT2D eigenvalue weighted by Crippen LogP contribution is 2.35. The Balaban J connectivity index is 2.20. The van der Waals surface area contributed by atoms with Crippen molar-refractivity contribution in [3.8, 4) is 11.6 Å². The zero-order chi connectivity index (χ0) is 11.8. The Morgan fingerprint density at radius 1 is 1.24 bits per heavy atom. The zero-order valence-corrected chi connectivity index (χ0v) is 9.57. The summed E-state index contributed by atoms with van der Waals surface area (Å²) in [6, 6.07) is 8.76. The van der Waals surface area contributed by atoms with E-state index in [1.165, 1.54) is 0 Å². The first-order chi connectivity index (χ1) is 8.25. The predicted molar refractivity (Wildman–Crippen MR) is 63.8 cm³/mol. The molecule has 0 aliphatic carbocycles. The standard InChI is InChI=1S/C13H8ClNO2/c14-10-4-1-5-12-9(10)7-11(16)8-3-2-6-15-13(8)17-12/h1-6H,7H2. The number of benzene rings is 1. The Morgan fingerprint density at radius 2 is 2.12 bits per heavy atom. The van der Waals surface area contributed by atoms with Crippen LogP contribution in [0, 0.1) is 0 Å². The third-order valence-electron chi connectivity index (χ3n) is 2.69. The van der Waals surface area contributed by atoms with E-state index >= 15 is 0 Å². The monoisotopic (exact) mass is 245 g/mol. The van der Waals surface area contributed by atoms with E-state index in [0.29, 0.717) is 22.2 Å². The second kappa shape index (κ2) is 3.86. The fourth-order valence-corrected chi connectivity index (χ4v) is 2.08. The summed E-state index contributed by atoms with van der Waals surface area (Å²) in [5.74, 6) is 0.918. The van der Waals surface area contributed by atoms with Crippen LogP contribution in [-0.2, 0) is 6.42 Å². The van der Waals surface area contributed by atoms with Crippen LogP contribution in [0.2, 0.25) is 5.02 Å². The van der Waals surface area contributed by atoms with E-state index in [9.17, 15) is 4.79 Å². The molecule has 2 heterocycles. The van der Waals surface area contributed by atoms with E-state index in [1.54, 1.807) is 36.5 Å². The van der Waals surface area contributed by atoms with Crippen molar-refractivity contribution in [2.75, 3.05) is 0 Å². The van der Waals surface area contributed by atoms with Crippen molar-refractivity contribution in [3.63, 3.8) is 0 Å². The first-order valence-corrected chi connectivity index (χ1v) is 5.57. The summed E-state index contributed by atoms with van der Waals surface area (Å²) in [4.78, 5) is 16.1. The van der Waals surface area contributed by atoms with Gasteiger partial charge in [-0.25, -0.2) is 4.98 Å². The highest BCUT2D eigenvalue weighted by molar-refractivity contribution is 6.32. The molecule has 0 saturated carbocycles. The number of ketones is 1. The van der Waals surface area contributed by atoms with Crippen LogP contribution in [0.1, 0.15) is 15.9 Å². The lowest BCUT2D eigenvalue weighted by Crippen LogP contribution is -2.02. The van der Waals surface area contributed by atoms with Gasteiger partial charge in [0.05, 0.1) is 5.56 Å². The van der Waals surface area contributed by atoms with E-state index in [1.807, 2.05) is 0 Å². The number of ether oxygens (including phenoxy) is 1. The van der Waals surface area contributed by atoms with Gasteiger partial charge in [-0.1, -0.05) is 17.7 Å². The van der Waals surface area contributed by atoms with E-state index < -0.39 is 0 Å². The number of hydrogen-bond acceptors (Lipinski definition) is 3. The maximum absolute atomic E-state index is 12.0. The number of pyridine rings is 1. The molecular formula is C13H8ClNO2. The lowest BCUT2D eigenvalue weighted by molar-refractivity contribution is 0.0993. The molecule has 17 heavy (non-hydrogen) atoms. The van der Waals surface area contributed by atoms with Gasteiger partial charge in [0.25, 0.3) is 0 Å². The van der Waals surface area contributed by atoms with Crippen LogP contribution < -0.4 is 4.74 Å². The predicted octanol–water partition coefficient (Wildman–Crippen LogP) is 3.27. The van der Waals surface area contributed by atoms with Crippen LogP contribution in [0.5, 0.6) is 11.6 Å². The largest absolute Gasteiger partial charge is 0.438 e. The van der Waals surface area contributed by atoms with E-state index in [4.69, 9.17) is 16.3 Å². The summed E-state index contributed by atoms with van der Waals surface area (Å²) in [6.07, 6.45) is 1.84. The topological polar surface area (TPSA) is 39.2 Å². The number of aromatic nitrogens is 1. The molecule has 0 atom stereocenters. The molecule has 1 aromatic carbocycles. The summed E-state index contributed by atoms with van der Waals surface area (Å²) in [7, 11) is 0. The van der Waals surface area contributed by atoms with E-state index in [2.05, 4.69) is 4.98 Å². The normalized spacial score (nSPS) is 13.4. The number of fused-ring (bicyclic) bond motifs is 2. The molecule has 1 aromatic heterocycles. The van der Waals surface area contributed by atoms with E-state index in [-0.39, 0.29) is 12.2 Å². The fourth-order valence-electron chi connectivity index (χ4n) is 1.85. The second-order valence-electron chi connectivity index (χ2n) is 3.77. The molecule has 3 nitrogen and oxygen atoms in total. The summed E-state index contributed by atoms with van der Waals surface area (Å²) in [5.41, 5.74) is 1.22. The van der Waals surface area contributed by atoms with Gasteiger partial charge in [0.2, 0.25) is 5.88 Å². The van der Waals surface area contributed by atoms with Gasteiger partial charge in [0.1, 0.15) is 5.75 Å². The molecule has 0 fully saturated rings.